The Labute approximate surface area is 120 Å². The highest BCUT2D eigenvalue weighted by Crippen LogP contribution is 2.57. The van der Waals surface area contributed by atoms with Crippen molar-refractivity contribution in [2.45, 2.75) is 50.5 Å². The smallest absolute Gasteiger partial charge is 0.334 e. The van der Waals surface area contributed by atoms with Crippen molar-refractivity contribution in [1.82, 2.24) is 0 Å². The van der Waals surface area contributed by atoms with Crippen molar-refractivity contribution in [3.63, 3.8) is 0 Å². The van der Waals surface area contributed by atoms with Crippen molar-refractivity contribution in [3.05, 3.63) is 23.8 Å². The van der Waals surface area contributed by atoms with E-state index < -0.39 is 0 Å². The van der Waals surface area contributed by atoms with E-state index in [0.29, 0.717) is 11.8 Å². The van der Waals surface area contributed by atoms with Crippen molar-refractivity contribution in [3.8, 4) is 0 Å². The highest BCUT2D eigenvalue weighted by atomic mass is 16.6. The normalized spacial score (nSPS) is 50.6. The van der Waals surface area contributed by atoms with Gasteiger partial charge in [-0.05, 0) is 68.6 Å². The highest BCUT2D eigenvalue weighted by molar-refractivity contribution is 5.91. The zero-order valence-corrected chi connectivity index (χ0v) is 11.9. The highest BCUT2D eigenvalue weighted by Gasteiger charge is 2.53. The quantitative estimate of drug-likeness (QED) is 0.566. The van der Waals surface area contributed by atoms with E-state index in [-0.39, 0.29) is 11.6 Å². The van der Waals surface area contributed by atoms with Crippen LogP contribution in [0.3, 0.4) is 0 Å². The lowest BCUT2D eigenvalue weighted by Gasteiger charge is -2.55. The summed E-state index contributed by atoms with van der Waals surface area (Å²) in [5.41, 5.74) is 0.867. The molecule has 6 aliphatic carbocycles. The van der Waals surface area contributed by atoms with Crippen LogP contribution < -0.4 is 0 Å². The molecule has 0 radical (unpaired) electrons. The Balaban J connectivity index is 1.37. The van der Waals surface area contributed by atoms with Crippen molar-refractivity contribution in [2.75, 3.05) is 0 Å². The Morgan fingerprint density at radius 1 is 1.00 bits per heavy atom. The number of esters is 1. The molecule has 0 aliphatic heterocycles. The van der Waals surface area contributed by atoms with E-state index in [1.165, 1.54) is 19.3 Å². The van der Waals surface area contributed by atoms with Gasteiger partial charge >= 0.3 is 5.97 Å². The Hall–Kier alpha value is -1.05. The Morgan fingerprint density at radius 3 is 2.15 bits per heavy atom. The summed E-state index contributed by atoms with van der Waals surface area (Å²) in [7, 11) is 0. The molecule has 0 saturated heterocycles. The Morgan fingerprint density at radius 2 is 1.65 bits per heavy atom. The molecule has 106 valence electrons. The molecule has 0 aromatic rings. The molecule has 0 N–H and O–H groups in total. The van der Waals surface area contributed by atoms with Gasteiger partial charge in [-0.2, -0.15) is 0 Å². The van der Waals surface area contributed by atoms with Gasteiger partial charge in [-0.3, -0.25) is 0 Å². The van der Waals surface area contributed by atoms with Gasteiger partial charge in [0.15, 0.2) is 0 Å². The number of fused-ring (bicyclic) bond motifs is 2. The maximum Gasteiger partial charge on any atom is 0.334 e. The van der Waals surface area contributed by atoms with Crippen LogP contribution in [0.1, 0.15) is 44.9 Å². The third-order valence-corrected chi connectivity index (χ3v) is 6.44. The summed E-state index contributed by atoms with van der Waals surface area (Å²) in [6.45, 7) is 0. The molecule has 0 spiro atoms. The largest absolute Gasteiger partial charge is 0.456 e. The van der Waals surface area contributed by atoms with Gasteiger partial charge in [-0.15, -0.1) is 0 Å². The van der Waals surface area contributed by atoms with E-state index in [2.05, 4.69) is 18.2 Å². The lowest BCUT2D eigenvalue weighted by atomic mass is 9.54. The van der Waals surface area contributed by atoms with Gasteiger partial charge in [0.25, 0.3) is 0 Å². The standard InChI is InChI=1S/C18H22O2/c19-17(16-7-11-1-2-15(16)6-11)20-18-8-12-3-13(9-18)5-14(4-12)10-18/h1-2,7,11-15H,3-6,8-10H2. The second-order valence-corrected chi connectivity index (χ2v) is 8.00. The molecule has 2 heteroatoms. The van der Waals surface area contributed by atoms with Crippen LogP contribution in [0.25, 0.3) is 0 Å². The molecular weight excluding hydrogens is 248 g/mol. The van der Waals surface area contributed by atoms with Crippen LogP contribution in [0.4, 0.5) is 0 Å². The fourth-order valence-electron chi connectivity index (χ4n) is 6.07. The fraction of sp³-hybridized carbons (Fsp3) is 0.722. The zero-order chi connectivity index (χ0) is 13.3. The molecule has 6 aliphatic rings. The van der Waals surface area contributed by atoms with Gasteiger partial charge in [-0.1, -0.05) is 18.2 Å². The molecule has 0 amide bonds. The number of rotatable bonds is 2. The van der Waals surface area contributed by atoms with Gasteiger partial charge in [0.2, 0.25) is 0 Å². The third kappa shape index (κ3) is 1.60. The first-order valence-corrected chi connectivity index (χ1v) is 8.32. The molecular formula is C18H22O2. The van der Waals surface area contributed by atoms with Crippen LogP contribution in [0, 0.1) is 29.6 Å². The van der Waals surface area contributed by atoms with Gasteiger partial charge in [0.05, 0.1) is 0 Å². The molecule has 2 unspecified atom stereocenters. The van der Waals surface area contributed by atoms with Crippen molar-refractivity contribution in [2.24, 2.45) is 29.6 Å². The number of ether oxygens (including phenoxy) is 1. The molecule has 2 nitrogen and oxygen atoms in total. The van der Waals surface area contributed by atoms with Crippen LogP contribution >= 0.6 is 0 Å². The molecule has 0 aromatic carbocycles. The monoisotopic (exact) mass is 270 g/mol. The summed E-state index contributed by atoms with van der Waals surface area (Å²) in [6.07, 6.45) is 15.3. The summed E-state index contributed by atoms with van der Waals surface area (Å²) in [5.74, 6) is 3.36. The van der Waals surface area contributed by atoms with Crippen LogP contribution in [0.15, 0.2) is 23.8 Å². The van der Waals surface area contributed by atoms with Crippen LogP contribution in [-0.2, 0) is 9.53 Å². The SMILES string of the molecule is O=C(OC12CC3CC(CC(C3)C1)C2)C1=CC2C=CC1C2. The van der Waals surface area contributed by atoms with E-state index >= 15 is 0 Å². The zero-order valence-electron chi connectivity index (χ0n) is 11.9. The topological polar surface area (TPSA) is 26.3 Å². The molecule has 20 heavy (non-hydrogen) atoms. The summed E-state index contributed by atoms with van der Waals surface area (Å²) in [4.78, 5) is 12.6. The van der Waals surface area contributed by atoms with Gasteiger partial charge in [-0.25, -0.2) is 4.79 Å². The van der Waals surface area contributed by atoms with Crippen LogP contribution in [-0.4, -0.2) is 11.6 Å². The molecule has 0 aromatic heterocycles. The van der Waals surface area contributed by atoms with Crippen molar-refractivity contribution in [1.29, 1.82) is 0 Å². The minimum atomic E-state index is -0.0851. The third-order valence-electron chi connectivity index (χ3n) is 6.44. The summed E-state index contributed by atoms with van der Waals surface area (Å²) in [6, 6.07) is 0. The molecule has 6 bridgehead atoms. The second-order valence-electron chi connectivity index (χ2n) is 8.00. The van der Waals surface area contributed by atoms with E-state index in [0.717, 1.165) is 49.0 Å². The average molecular weight is 270 g/mol. The molecule has 0 heterocycles. The first kappa shape index (κ1) is 11.6. The first-order chi connectivity index (χ1) is 9.69. The predicted octanol–water partition coefficient (Wildman–Crippen LogP) is 3.63. The number of hydrogen-bond donors (Lipinski definition) is 0. The van der Waals surface area contributed by atoms with Crippen LogP contribution in [0.5, 0.6) is 0 Å². The first-order valence-electron chi connectivity index (χ1n) is 8.32. The molecule has 4 saturated carbocycles. The maximum absolute atomic E-state index is 12.6. The van der Waals surface area contributed by atoms with E-state index in [9.17, 15) is 4.79 Å². The van der Waals surface area contributed by atoms with E-state index in [1.54, 1.807) is 0 Å². The number of allylic oxidation sites excluding steroid dienone is 3. The lowest BCUT2D eigenvalue weighted by molar-refractivity contribution is -0.182. The van der Waals surface area contributed by atoms with Crippen LogP contribution in [0.2, 0.25) is 0 Å². The van der Waals surface area contributed by atoms with Crippen molar-refractivity contribution < 1.29 is 9.53 Å². The van der Waals surface area contributed by atoms with E-state index in [1.807, 2.05) is 0 Å². The summed E-state index contributed by atoms with van der Waals surface area (Å²) < 4.78 is 6.15. The average Bonchev–Trinajstić information content (AvgIpc) is 2.98. The Bertz CT molecular complexity index is 492. The van der Waals surface area contributed by atoms with Gasteiger partial charge in [0.1, 0.15) is 5.60 Å². The minimum Gasteiger partial charge on any atom is -0.456 e. The van der Waals surface area contributed by atoms with E-state index in [4.69, 9.17) is 4.74 Å². The van der Waals surface area contributed by atoms with Crippen molar-refractivity contribution >= 4 is 5.97 Å². The maximum atomic E-state index is 12.6. The number of carbonyl (C=O) groups excluding carboxylic acids is 1. The minimum absolute atomic E-state index is 0.00352. The number of carbonyl (C=O) groups is 1. The molecule has 4 fully saturated rings. The summed E-state index contributed by atoms with van der Waals surface area (Å²) >= 11 is 0. The Kier molecular flexibility index (Phi) is 2.19. The van der Waals surface area contributed by atoms with Gasteiger partial charge < -0.3 is 4.74 Å². The summed E-state index contributed by atoms with van der Waals surface area (Å²) in [5, 5.41) is 0. The predicted molar refractivity (Wildman–Crippen MR) is 75.8 cm³/mol. The number of hydrogen-bond acceptors (Lipinski definition) is 2. The molecule has 2 atom stereocenters. The van der Waals surface area contributed by atoms with Gasteiger partial charge in [0, 0.05) is 11.5 Å². The fourth-order valence-corrected chi connectivity index (χ4v) is 6.07. The molecule has 6 rings (SSSR count). The lowest BCUT2D eigenvalue weighted by Crippen LogP contribution is -2.53. The second kappa shape index (κ2) is 3.78.